The van der Waals surface area contributed by atoms with Crippen LogP contribution in [0.5, 0.6) is 23.1 Å². The summed E-state index contributed by atoms with van der Waals surface area (Å²) in [5.74, 6) is -3.36. The lowest BCUT2D eigenvalue weighted by atomic mass is 9.92. The Bertz CT molecular complexity index is 2700. The maximum atomic E-state index is 14.3. The second kappa shape index (κ2) is 17.8. The highest BCUT2D eigenvalue weighted by Gasteiger charge is 2.45. The van der Waals surface area contributed by atoms with Crippen LogP contribution in [0.2, 0.25) is 10.0 Å². The van der Waals surface area contributed by atoms with Crippen molar-refractivity contribution in [2.45, 2.75) is 45.0 Å². The summed E-state index contributed by atoms with van der Waals surface area (Å²) in [6, 6.07) is 12.7. The smallest absolute Gasteiger partial charge is 0.345 e. The molecule has 334 valence electrons. The van der Waals surface area contributed by atoms with Gasteiger partial charge in [-0.25, -0.2) is 37.9 Å². The monoisotopic (exact) mass is 935 g/mol. The maximum absolute atomic E-state index is 14.3. The number of ether oxygens (including phenoxy) is 4. The Hall–Kier alpha value is -5.46. The van der Waals surface area contributed by atoms with E-state index in [9.17, 15) is 23.1 Å². The van der Waals surface area contributed by atoms with Gasteiger partial charge in [0.1, 0.15) is 47.8 Å². The zero-order valence-corrected chi connectivity index (χ0v) is 37.2. The number of benzene rings is 3. The van der Waals surface area contributed by atoms with Crippen molar-refractivity contribution in [2.75, 3.05) is 64.4 Å². The van der Waals surface area contributed by atoms with Crippen LogP contribution in [0.3, 0.4) is 0 Å². The van der Waals surface area contributed by atoms with Crippen LogP contribution in [0.25, 0.3) is 31.8 Å². The van der Waals surface area contributed by atoms with Gasteiger partial charge in [-0.1, -0.05) is 35.3 Å². The third-order valence-electron chi connectivity index (χ3n) is 11.6. The topological polar surface area (TPSA) is 136 Å². The standard InChI is InChI=1S/C45H42Cl2F3N7O6S/c1-24-34-25(2)38(47)39(37(24)46)62-31(18-56-14-12-55(3)13-15-56)20-60-30-8-9-32(61-19-29-10-11-51-44(54-29)57-21-45(49,50)22-57)27(16-30)17-33(43(58)59)63-41-36-35(34)40(64-42(36)53-23-52-41)26-4-6-28(48)7-5-26/h4-11,16,23,31,33H,12-15,17-22H2,1-3H3,(H,58,59)/t31-,33-/m1/s1. The molecule has 4 bridgehead atoms. The molecule has 1 N–H and O–H groups in total. The Morgan fingerprint density at radius 1 is 0.969 bits per heavy atom. The fraction of sp³-hybridized carbons (Fsp3) is 0.356. The maximum Gasteiger partial charge on any atom is 0.345 e. The number of aliphatic carboxylic acids is 1. The molecule has 4 aliphatic rings. The number of thiophene rings is 1. The predicted molar refractivity (Wildman–Crippen MR) is 237 cm³/mol. The van der Waals surface area contributed by atoms with Crippen molar-refractivity contribution < 1.29 is 42.0 Å². The van der Waals surface area contributed by atoms with E-state index >= 15 is 0 Å². The van der Waals surface area contributed by atoms with Gasteiger partial charge in [0, 0.05) is 61.3 Å². The lowest BCUT2D eigenvalue weighted by molar-refractivity contribution is -0.145. The highest BCUT2D eigenvalue weighted by atomic mass is 35.5. The predicted octanol–water partition coefficient (Wildman–Crippen LogP) is 8.37. The van der Waals surface area contributed by atoms with Gasteiger partial charge in [0.2, 0.25) is 17.9 Å². The fourth-order valence-corrected chi connectivity index (χ4v) is 9.80. The van der Waals surface area contributed by atoms with E-state index in [0.29, 0.717) is 72.2 Å². The Kier molecular flexibility index (Phi) is 12.2. The molecule has 13 nitrogen and oxygen atoms in total. The summed E-state index contributed by atoms with van der Waals surface area (Å²) in [5.41, 5.74) is 3.98. The average molecular weight is 937 g/mol. The second-order valence-electron chi connectivity index (χ2n) is 16.2. The molecule has 10 rings (SSSR count). The number of hydrogen-bond donors (Lipinski definition) is 1. The first-order valence-corrected chi connectivity index (χ1v) is 22.1. The van der Waals surface area contributed by atoms with Crippen molar-refractivity contribution in [3.8, 4) is 44.7 Å². The zero-order chi connectivity index (χ0) is 44.9. The van der Waals surface area contributed by atoms with Crippen LogP contribution < -0.4 is 23.8 Å². The summed E-state index contributed by atoms with van der Waals surface area (Å²) in [5, 5.41) is 11.7. The molecule has 0 saturated carbocycles. The van der Waals surface area contributed by atoms with E-state index in [1.165, 1.54) is 40.9 Å². The number of piperazine rings is 1. The summed E-state index contributed by atoms with van der Waals surface area (Å²) >= 11 is 15.9. The van der Waals surface area contributed by atoms with Gasteiger partial charge in [0.15, 0.2) is 5.75 Å². The molecule has 19 heteroatoms. The Balaban J connectivity index is 1.16. The average Bonchev–Trinajstić information content (AvgIpc) is 3.65. The molecular formula is C45H42Cl2F3N7O6S. The van der Waals surface area contributed by atoms with Gasteiger partial charge in [0.05, 0.1) is 34.2 Å². The van der Waals surface area contributed by atoms with Crippen molar-refractivity contribution in [1.82, 2.24) is 29.7 Å². The van der Waals surface area contributed by atoms with Crippen molar-refractivity contribution in [1.29, 1.82) is 0 Å². The molecule has 3 aromatic carbocycles. The molecule has 2 fully saturated rings. The van der Waals surface area contributed by atoms with Crippen molar-refractivity contribution >= 4 is 56.7 Å². The van der Waals surface area contributed by atoms with E-state index in [2.05, 4.69) is 36.8 Å². The SMILES string of the molecule is Cc1c(Cl)c2c(Cl)c(C)c1-c1c(-c3ccc(F)cc3)sc3ncnc(c13)O[C@@H](C(=O)O)Cc1cc(ccc1OCc1ccnc(N3CC(F)(F)C3)n1)OC[C@@H](CN1CCN(C)CC1)O2. The summed E-state index contributed by atoms with van der Waals surface area (Å²) in [6.45, 7) is 6.59. The molecule has 0 spiro atoms. The summed E-state index contributed by atoms with van der Waals surface area (Å²) in [7, 11) is 2.08. The number of rotatable bonds is 8. The minimum Gasteiger partial charge on any atom is -0.490 e. The van der Waals surface area contributed by atoms with Crippen LogP contribution in [0.1, 0.15) is 22.4 Å². The number of fused-ring (bicyclic) bond motifs is 7. The molecule has 2 saturated heterocycles. The highest BCUT2D eigenvalue weighted by molar-refractivity contribution is 7.22. The molecule has 2 atom stereocenters. The lowest BCUT2D eigenvalue weighted by Crippen LogP contribution is -2.57. The van der Waals surface area contributed by atoms with E-state index in [1.807, 2.05) is 13.8 Å². The third kappa shape index (κ3) is 8.96. The normalized spacial score (nSPS) is 19.0. The van der Waals surface area contributed by atoms with Crippen LogP contribution in [0, 0.1) is 19.7 Å². The van der Waals surface area contributed by atoms with E-state index in [0.717, 1.165) is 26.2 Å². The van der Waals surface area contributed by atoms with E-state index in [1.54, 1.807) is 36.4 Å². The Labute approximate surface area is 380 Å². The van der Waals surface area contributed by atoms with Crippen LogP contribution in [0.4, 0.5) is 19.1 Å². The van der Waals surface area contributed by atoms with E-state index in [-0.39, 0.29) is 47.3 Å². The van der Waals surface area contributed by atoms with Crippen LogP contribution in [-0.4, -0.2) is 118 Å². The molecule has 3 aromatic heterocycles. The van der Waals surface area contributed by atoms with Crippen molar-refractivity contribution in [2.24, 2.45) is 0 Å². The number of nitrogens with zero attached hydrogens (tertiary/aromatic N) is 7. The first-order chi connectivity index (χ1) is 30.7. The number of anilines is 1. The Morgan fingerprint density at radius 2 is 1.70 bits per heavy atom. The molecule has 0 unspecified atom stereocenters. The first kappa shape index (κ1) is 43.8. The van der Waals surface area contributed by atoms with E-state index in [4.69, 9.17) is 42.1 Å². The van der Waals surface area contributed by atoms with Crippen LogP contribution in [0.15, 0.2) is 61.1 Å². The molecule has 0 aliphatic carbocycles. The minimum absolute atomic E-state index is 0.0140. The minimum atomic E-state index is -2.80. The van der Waals surface area contributed by atoms with Gasteiger partial charge in [0.25, 0.3) is 5.92 Å². The largest absolute Gasteiger partial charge is 0.490 e. The third-order valence-corrected chi connectivity index (χ3v) is 13.6. The summed E-state index contributed by atoms with van der Waals surface area (Å²) in [4.78, 5) is 38.0. The summed E-state index contributed by atoms with van der Waals surface area (Å²) < 4.78 is 67.5. The highest BCUT2D eigenvalue weighted by Crippen LogP contribution is 2.53. The van der Waals surface area contributed by atoms with Gasteiger partial charge in [-0.3, -0.25) is 4.90 Å². The number of alkyl halides is 2. The number of carboxylic acids is 1. The molecule has 7 heterocycles. The van der Waals surface area contributed by atoms with Gasteiger partial charge < -0.3 is 33.9 Å². The number of carboxylic acid groups (broad SMARTS) is 1. The van der Waals surface area contributed by atoms with Gasteiger partial charge >= 0.3 is 5.97 Å². The zero-order valence-electron chi connectivity index (χ0n) is 34.9. The van der Waals surface area contributed by atoms with E-state index < -0.39 is 43.0 Å². The van der Waals surface area contributed by atoms with Crippen molar-refractivity contribution in [3.05, 3.63) is 99.3 Å². The quantitative estimate of drug-likeness (QED) is 0.157. The number of hydrogen-bond acceptors (Lipinski definition) is 13. The molecular weight excluding hydrogens is 895 g/mol. The number of carbonyl (C=O) groups is 1. The van der Waals surface area contributed by atoms with Gasteiger partial charge in [-0.15, -0.1) is 11.3 Å². The first-order valence-electron chi connectivity index (χ1n) is 20.5. The molecule has 6 aromatic rings. The molecule has 4 aliphatic heterocycles. The molecule has 0 amide bonds. The lowest BCUT2D eigenvalue weighted by Gasteiger charge is -2.38. The number of aromatic nitrogens is 4. The van der Waals surface area contributed by atoms with Crippen LogP contribution >= 0.6 is 34.5 Å². The van der Waals surface area contributed by atoms with Crippen LogP contribution in [-0.2, 0) is 17.8 Å². The van der Waals surface area contributed by atoms with Gasteiger partial charge in [-0.05, 0) is 79.5 Å². The van der Waals surface area contributed by atoms with Gasteiger partial charge in [-0.2, -0.15) is 0 Å². The molecule has 64 heavy (non-hydrogen) atoms. The fourth-order valence-electron chi connectivity index (χ4n) is 8.14. The number of halogens is 5. The Morgan fingerprint density at radius 3 is 2.41 bits per heavy atom. The second-order valence-corrected chi connectivity index (χ2v) is 17.9. The molecule has 0 radical (unpaired) electrons. The van der Waals surface area contributed by atoms with Crippen molar-refractivity contribution in [3.63, 3.8) is 0 Å². The number of likely N-dealkylation sites (N-methyl/N-ethyl adjacent to an activating group) is 1. The summed E-state index contributed by atoms with van der Waals surface area (Å²) in [6.07, 6.45) is 0.480.